The normalized spacial score (nSPS) is 11.7. The highest BCUT2D eigenvalue weighted by atomic mass is 32.2. The third-order valence-corrected chi connectivity index (χ3v) is 6.38. The number of ketones is 1. The number of carbonyl (C=O) groups excluding carboxylic acids is 2. The molecule has 0 aliphatic rings. The van der Waals surface area contributed by atoms with Crippen molar-refractivity contribution < 1.29 is 9.59 Å². The summed E-state index contributed by atoms with van der Waals surface area (Å²) in [5, 5.41) is 11.6. The molecular weight excluding hydrogens is 432 g/mol. The van der Waals surface area contributed by atoms with Gasteiger partial charge in [-0.05, 0) is 50.6 Å². The summed E-state index contributed by atoms with van der Waals surface area (Å²) in [5.74, 6) is 0.479. The summed E-state index contributed by atoms with van der Waals surface area (Å²) in [5.41, 5.74) is 4.07. The van der Waals surface area contributed by atoms with Crippen LogP contribution in [-0.4, -0.2) is 26.5 Å². The molecule has 1 aromatic heterocycles. The van der Waals surface area contributed by atoms with E-state index < -0.39 is 5.25 Å². The molecule has 0 aliphatic carbocycles. The van der Waals surface area contributed by atoms with Crippen molar-refractivity contribution in [3.8, 4) is 5.69 Å². The van der Waals surface area contributed by atoms with E-state index >= 15 is 0 Å². The van der Waals surface area contributed by atoms with Crippen molar-refractivity contribution in [2.75, 3.05) is 5.32 Å². The van der Waals surface area contributed by atoms with Crippen molar-refractivity contribution in [3.63, 3.8) is 0 Å². The Morgan fingerprint density at radius 2 is 1.64 bits per heavy atom. The summed E-state index contributed by atoms with van der Waals surface area (Å²) in [6.07, 6.45) is 0. The molecule has 0 spiro atoms. The lowest BCUT2D eigenvalue weighted by atomic mass is 10.1. The molecule has 4 aromatic rings. The molecule has 1 unspecified atom stereocenters. The smallest absolute Gasteiger partial charge is 0.242 e. The molecule has 1 atom stereocenters. The molecule has 6 nitrogen and oxygen atoms in total. The first-order chi connectivity index (χ1) is 15.9. The second-order valence-electron chi connectivity index (χ2n) is 7.74. The molecule has 166 valence electrons. The number of hydrogen-bond acceptors (Lipinski definition) is 5. The van der Waals surface area contributed by atoms with Crippen LogP contribution in [-0.2, 0) is 4.79 Å². The van der Waals surface area contributed by atoms with Gasteiger partial charge in [-0.15, -0.1) is 10.2 Å². The van der Waals surface area contributed by atoms with Gasteiger partial charge in [0.15, 0.2) is 10.9 Å². The fourth-order valence-corrected chi connectivity index (χ4v) is 4.54. The average molecular weight is 457 g/mol. The molecule has 1 amide bonds. The molecule has 3 aromatic carbocycles. The van der Waals surface area contributed by atoms with Crippen molar-refractivity contribution in [3.05, 3.63) is 101 Å². The first kappa shape index (κ1) is 22.5. The first-order valence-electron chi connectivity index (χ1n) is 10.5. The van der Waals surface area contributed by atoms with E-state index in [9.17, 15) is 9.59 Å². The number of nitrogens with one attached hydrogen (secondary N) is 1. The van der Waals surface area contributed by atoms with Gasteiger partial charge in [-0.2, -0.15) is 0 Å². The standard InChI is InChI=1S/C26H24N4O2S/c1-17-12-14-23(15-13-17)30-19(3)28-29-26(30)33-24(20-8-5-4-6-9-20)25(32)27-22-11-7-10-21(16-22)18(2)31/h4-16,24H,1-3H3,(H,27,32). The Balaban J connectivity index is 1.67. The highest BCUT2D eigenvalue weighted by molar-refractivity contribution is 8.00. The SMILES string of the molecule is CC(=O)c1cccc(NC(=O)C(Sc2nnc(C)n2-c2ccc(C)cc2)c2ccccc2)c1. The van der Waals surface area contributed by atoms with Crippen LogP contribution in [0, 0.1) is 13.8 Å². The number of aromatic nitrogens is 3. The van der Waals surface area contributed by atoms with E-state index in [1.165, 1.54) is 18.7 Å². The molecule has 0 aliphatic heterocycles. The number of benzene rings is 3. The zero-order valence-corrected chi connectivity index (χ0v) is 19.5. The van der Waals surface area contributed by atoms with E-state index in [0.29, 0.717) is 16.4 Å². The van der Waals surface area contributed by atoms with Crippen LogP contribution < -0.4 is 5.32 Å². The molecule has 33 heavy (non-hydrogen) atoms. The van der Waals surface area contributed by atoms with E-state index in [1.54, 1.807) is 24.3 Å². The van der Waals surface area contributed by atoms with Gasteiger partial charge < -0.3 is 5.32 Å². The van der Waals surface area contributed by atoms with Crippen LogP contribution in [0.1, 0.15) is 39.5 Å². The van der Waals surface area contributed by atoms with E-state index in [1.807, 2.05) is 73.0 Å². The largest absolute Gasteiger partial charge is 0.325 e. The molecule has 1 heterocycles. The number of carbonyl (C=O) groups is 2. The van der Waals surface area contributed by atoms with Crippen molar-refractivity contribution in [2.45, 2.75) is 31.2 Å². The van der Waals surface area contributed by atoms with Crippen molar-refractivity contribution >= 4 is 29.1 Å². The number of nitrogens with zero attached hydrogens (tertiary/aromatic N) is 3. The third kappa shape index (κ3) is 5.21. The minimum atomic E-state index is -0.569. The predicted octanol–water partition coefficient (Wildman–Crippen LogP) is 5.56. The van der Waals surface area contributed by atoms with Gasteiger partial charge in [0.1, 0.15) is 11.1 Å². The summed E-state index contributed by atoms with van der Waals surface area (Å²) in [7, 11) is 0. The lowest BCUT2D eigenvalue weighted by Gasteiger charge is -2.18. The van der Waals surface area contributed by atoms with Crippen LogP contribution in [0.15, 0.2) is 84.0 Å². The first-order valence-corrected chi connectivity index (χ1v) is 11.4. The van der Waals surface area contributed by atoms with Gasteiger partial charge in [0, 0.05) is 16.9 Å². The Hall–Kier alpha value is -3.71. The summed E-state index contributed by atoms with van der Waals surface area (Å²) < 4.78 is 1.95. The Kier molecular flexibility index (Phi) is 6.70. The fraction of sp³-hybridized carbons (Fsp3) is 0.154. The number of rotatable bonds is 7. The molecule has 0 bridgehead atoms. The van der Waals surface area contributed by atoms with E-state index in [4.69, 9.17) is 0 Å². The second kappa shape index (κ2) is 9.83. The van der Waals surface area contributed by atoms with Gasteiger partial charge >= 0.3 is 0 Å². The van der Waals surface area contributed by atoms with Gasteiger partial charge in [-0.25, -0.2) is 0 Å². The summed E-state index contributed by atoms with van der Waals surface area (Å²) >= 11 is 1.34. The number of thioether (sulfide) groups is 1. The molecule has 7 heteroatoms. The fourth-order valence-electron chi connectivity index (χ4n) is 3.44. The maximum atomic E-state index is 13.4. The quantitative estimate of drug-likeness (QED) is 0.291. The van der Waals surface area contributed by atoms with Crippen molar-refractivity contribution in [1.82, 2.24) is 14.8 Å². The number of Topliss-reactive ketones (excluding diaryl/α,β-unsaturated/α-hetero) is 1. The minimum absolute atomic E-state index is 0.0539. The van der Waals surface area contributed by atoms with Crippen molar-refractivity contribution in [1.29, 1.82) is 0 Å². The van der Waals surface area contributed by atoms with Gasteiger partial charge in [0.05, 0.1) is 0 Å². The van der Waals surface area contributed by atoms with Crippen LogP contribution in [0.4, 0.5) is 5.69 Å². The molecular formula is C26H24N4O2S. The molecule has 0 saturated carbocycles. The van der Waals surface area contributed by atoms with Gasteiger partial charge in [0.2, 0.25) is 5.91 Å². The summed E-state index contributed by atoms with van der Waals surface area (Å²) in [6.45, 7) is 5.43. The molecule has 0 fully saturated rings. The van der Waals surface area contributed by atoms with Crippen LogP contribution in [0.25, 0.3) is 5.69 Å². The summed E-state index contributed by atoms with van der Waals surface area (Å²) in [4.78, 5) is 25.2. The van der Waals surface area contributed by atoms with Gasteiger partial charge in [-0.3, -0.25) is 14.2 Å². The van der Waals surface area contributed by atoms with Gasteiger partial charge in [0.25, 0.3) is 0 Å². The van der Waals surface area contributed by atoms with E-state index in [2.05, 4.69) is 15.5 Å². The number of amides is 1. The average Bonchev–Trinajstić information content (AvgIpc) is 3.18. The summed E-state index contributed by atoms with van der Waals surface area (Å²) in [6, 6.07) is 24.6. The lowest BCUT2D eigenvalue weighted by Crippen LogP contribution is -2.19. The highest BCUT2D eigenvalue weighted by Gasteiger charge is 2.26. The molecule has 4 rings (SSSR count). The number of hydrogen-bond donors (Lipinski definition) is 1. The maximum Gasteiger partial charge on any atom is 0.242 e. The maximum absolute atomic E-state index is 13.4. The van der Waals surface area contributed by atoms with Crippen LogP contribution >= 0.6 is 11.8 Å². The monoisotopic (exact) mass is 456 g/mol. The van der Waals surface area contributed by atoms with Crippen LogP contribution in [0.5, 0.6) is 0 Å². The van der Waals surface area contributed by atoms with Crippen molar-refractivity contribution in [2.24, 2.45) is 0 Å². The molecule has 0 saturated heterocycles. The van der Waals surface area contributed by atoms with E-state index in [0.717, 1.165) is 22.6 Å². The molecule has 1 N–H and O–H groups in total. The zero-order valence-electron chi connectivity index (χ0n) is 18.6. The Morgan fingerprint density at radius 3 is 2.33 bits per heavy atom. The topological polar surface area (TPSA) is 76.9 Å². The number of anilines is 1. The Labute approximate surface area is 197 Å². The predicted molar refractivity (Wildman–Crippen MR) is 131 cm³/mol. The number of aryl methyl sites for hydroxylation is 2. The Morgan fingerprint density at radius 1 is 0.909 bits per heavy atom. The second-order valence-corrected chi connectivity index (χ2v) is 8.81. The van der Waals surface area contributed by atoms with E-state index in [-0.39, 0.29) is 11.7 Å². The lowest BCUT2D eigenvalue weighted by molar-refractivity contribution is -0.115. The zero-order chi connectivity index (χ0) is 23.4. The minimum Gasteiger partial charge on any atom is -0.325 e. The van der Waals surface area contributed by atoms with Crippen LogP contribution in [0.3, 0.4) is 0 Å². The third-order valence-electron chi connectivity index (χ3n) is 5.19. The van der Waals surface area contributed by atoms with Crippen LogP contribution in [0.2, 0.25) is 0 Å². The Bertz CT molecular complexity index is 1280. The molecule has 0 radical (unpaired) electrons. The highest BCUT2D eigenvalue weighted by Crippen LogP contribution is 2.36. The van der Waals surface area contributed by atoms with Gasteiger partial charge in [-0.1, -0.05) is 71.9 Å².